The zero-order valence-electron chi connectivity index (χ0n) is 11.3. The molecule has 3 atom stereocenters. The quantitative estimate of drug-likeness (QED) is 0.929. The van der Waals surface area contributed by atoms with E-state index in [1.807, 2.05) is 17.8 Å². The van der Waals surface area contributed by atoms with Gasteiger partial charge in [-0.1, -0.05) is 31.5 Å². The molecule has 0 radical (unpaired) electrons. The molecule has 1 aliphatic rings. The summed E-state index contributed by atoms with van der Waals surface area (Å²) in [4.78, 5) is 2.36. The Labute approximate surface area is 123 Å². The van der Waals surface area contributed by atoms with Gasteiger partial charge in [-0.25, -0.2) is 4.39 Å². The lowest BCUT2D eigenvalue weighted by atomic mass is 10.0. The zero-order chi connectivity index (χ0) is 14.0. The molecule has 1 saturated heterocycles. The third-order valence-corrected chi connectivity index (χ3v) is 4.97. The molecule has 0 bridgehead atoms. The predicted molar refractivity (Wildman–Crippen MR) is 81.3 cm³/mol. The Balaban J connectivity index is 2.21. The Morgan fingerprint density at radius 2 is 2.05 bits per heavy atom. The van der Waals surface area contributed by atoms with E-state index >= 15 is 0 Å². The van der Waals surface area contributed by atoms with Crippen molar-refractivity contribution >= 4 is 23.4 Å². The minimum absolute atomic E-state index is 0.0672. The van der Waals surface area contributed by atoms with Gasteiger partial charge in [-0.2, -0.15) is 11.8 Å². The van der Waals surface area contributed by atoms with Crippen molar-refractivity contribution in [3.8, 4) is 0 Å². The molecule has 1 aromatic rings. The van der Waals surface area contributed by atoms with Crippen LogP contribution in [0, 0.1) is 5.82 Å². The van der Waals surface area contributed by atoms with Crippen molar-refractivity contribution in [2.24, 2.45) is 5.73 Å². The van der Waals surface area contributed by atoms with E-state index in [1.165, 1.54) is 6.07 Å². The maximum absolute atomic E-state index is 13.6. The molecule has 0 aliphatic carbocycles. The fraction of sp³-hybridized carbons (Fsp3) is 0.571. The second-order valence-corrected chi connectivity index (χ2v) is 7.43. The molecule has 1 aromatic carbocycles. The number of hydrogen-bond acceptors (Lipinski definition) is 3. The maximum atomic E-state index is 13.6. The van der Waals surface area contributed by atoms with Gasteiger partial charge in [-0.05, 0) is 17.7 Å². The molecule has 1 fully saturated rings. The highest BCUT2D eigenvalue weighted by atomic mass is 35.5. The Hall–Kier alpha value is -0.290. The van der Waals surface area contributed by atoms with Gasteiger partial charge in [0.15, 0.2) is 0 Å². The SMILES string of the molecule is CC1CN(C(CN)c2ccc(Cl)c(F)c2)CC(C)S1. The molecule has 3 unspecified atom stereocenters. The molecule has 2 nitrogen and oxygen atoms in total. The maximum Gasteiger partial charge on any atom is 0.142 e. The van der Waals surface area contributed by atoms with Gasteiger partial charge in [-0.15, -0.1) is 0 Å². The van der Waals surface area contributed by atoms with E-state index in [0.717, 1.165) is 18.7 Å². The minimum Gasteiger partial charge on any atom is -0.329 e. The van der Waals surface area contributed by atoms with E-state index in [9.17, 15) is 4.39 Å². The molecule has 5 heteroatoms. The van der Waals surface area contributed by atoms with Crippen LogP contribution < -0.4 is 5.73 Å². The number of benzene rings is 1. The van der Waals surface area contributed by atoms with Crippen molar-refractivity contribution in [1.29, 1.82) is 0 Å². The summed E-state index contributed by atoms with van der Waals surface area (Å²) in [6.45, 7) is 6.92. The molecule has 0 amide bonds. The van der Waals surface area contributed by atoms with Crippen molar-refractivity contribution < 1.29 is 4.39 Å². The summed E-state index contributed by atoms with van der Waals surface area (Å²) in [6.07, 6.45) is 0. The average molecular weight is 303 g/mol. The van der Waals surface area contributed by atoms with Crippen LogP contribution in [0.4, 0.5) is 4.39 Å². The second kappa shape index (κ2) is 6.44. The molecule has 0 aromatic heterocycles. The highest BCUT2D eigenvalue weighted by molar-refractivity contribution is 8.00. The Morgan fingerprint density at radius 1 is 1.42 bits per heavy atom. The normalized spacial score (nSPS) is 26.4. The molecule has 1 aliphatic heterocycles. The summed E-state index contributed by atoms with van der Waals surface area (Å²) in [6, 6.07) is 5.06. The van der Waals surface area contributed by atoms with Crippen LogP contribution >= 0.6 is 23.4 Å². The van der Waals surface area contributed by atoms with Crippen LogP contribution in [0.25, 0.3) is 0 Å². The third kappa shape index (κ3) is 3.63. The largest absolute Gasteiger partial charge is 0.329 e. The second-order valence-electron chi connectivity index (χ2n) is 5.14. The lowest BCUT2D eigenvalue weighted by Crippen LogP contribution is -2.44. The Kier molecular flexibility index (Phi) is 5.12. The number of thioether (sulfide) groups is 1. The van der Waals surface area contributed by atoms with Gasteiger partial charge < -0.3 is 5.73 Å². The summed E-state index contributed by atoms with van der Waals surface area (Å²) in [5.74, 6) is -0.370. The first-order chi connectivity index (χ1) is 9.01. The van der Waals surface area contributed by atoms with Crippen LogP contribution in [0.5, 0.6) is 0 Å². The molecule has 0 saturated carbocycles. The molecule has 106 valence electrons. The van der Waals surface area contributed by atoms with Crippen LogP contribution in [0.2, 0.25) is 5.02 Å². The summed E-state index contributed by atoms with van der Waals surface area (Å²) in [7, 11) is 0. The Bertz CT molecular complexity index is 433. The van der Waals surface area contributed by atoms with E-state index in [0.29, 0.717) is 17.0 Å². The van der Waals surface area contributed by atoms with Gasteiger partial charge in [0, 0.05) is 36.2 Å². The van der Waals surface area contributed by atoms with E-state index < -0.39 is 0 Å². The lowest BCUT2D eigenvalue weighted by Gasteiger charge is -2.39. The van der Waals surface area contributed by atoms with Crippen molar-refractivity contribution in [2.75, 3.05) is 19.6 Å². The van der Waals surface area contributed by atoms with Crippen LogP contribution in [-0.2, 0) is 0 Å². The van der Waals surface area contributed by atoms with Gasteiger partial charge in [-0.3, -0.25) is 4.90 Å². The summed E-state index contributed by atoms with van der Waals surface area (Å²) >= 11 is 7.73. The fourth-order valence-corrected chi connectivity index (χ4v) is 4.15. The molecule has 1 heterocycles. The lowest BCUT2D eigenvalue weighted by molar-refractivity contribution is 0.199. The number of hydrogen-bond donors (Lipinski definition) is 1. The van der Waals surface area contributed by atoms with Crippen molar-refractivity contribution in [3.63, 3.8) is 0 Å². The molecule has 2 rings (SSSR count). The molecular formula is C14H20ClFN2S. The topological polar surface area (TPSA) is 29.3 Å². The van der Waals surface area contributed by atoms with E-state index in [2.05, 4.69) is 18.7 Å². The van der Waals surface area contributed by atoms with Crippen LogP contribution in [0.1, 0.15) is 25.5 Å². The van der Waals surface area contributed by atoms with E-state index in [-0.39, 0.29) is 16.9 Å². The fourth-order valence-electron chi connectivity index (χ4n) is 2.69. The first-order valence-electron chi connectivity index (χ1n) is 6.55. The summed E-state index contributed by atoms with van der Waals surface area (Å²) in [5.41, 5.74) is 6.82. The first-order valence-corrected chi connectivity index (χ1v) is 7.88. The van der Waals surface area contributed by atoms with E-state index in [4.69, 9.17) is 17.3 Å². The summed E-state index contributed by atoms with van der Waals surface area (Å²) in [5, 5.41) is 1.32. The van der Waals surface area contributed by atoms with Crippen LogP contribution in [0.15, 0.2) is 18.2 Å². The van der Waals surface area contributed by atoms with Crippen LogP contribution in [-0.4, -0.2) is 35.0 Å². The van der Waals surface area contributed by atoms with Gasteiger partial charge in [0.05, 0.1) is 5.02 Å². The average Bonchev–Trinajstić information content (AvgIpc) is 2.33. The van der Waals surface area contributed by atoms with E-state index in [1.54, 1.807) is 6.07 Å². The number of halogens is 2. The van der Waals surface area contributed by atoms with Gasteiger partial charge >= 0.3 is 0 Å². The predicted octanol–water partition coefficient (Wildman–Crippen LogP) is 3.30. The third-order valence-electron chi connectivity index (χ3n) is 3.44. The Morgan fingerprint density at radius 3 is 2.58 bits per heavy atom. The van der Waals surface area contributed by atoms with Gasteiger partial charge in [0.2, 0.25) is 0 Å². The smallest absolute Gasteiger partial charge is 0.142 e. The molecule has 19 heavy (non-hydrogen) atoms. The minimum atomic E-state index is -0.370. The monoisotopic (exact) mass is 302 g/mol. The zero-order valence-corrected chi connectivity index (χ0v) is 12.8. The standard InChI is InChI=1S/C14H20ClFN2S/c1-9-7-18(8-10(2)19-9)14(6-17)11-3-4-12(15)13(16)5-11/h3-5,9-10,14H,6-8,17H2,1-2H3. The highest BCUT2D eigenvalue weighted by Crippen LogP contribution is 2.31. The van der Waals surface area contributed by atoms with Gasteiger partial charge in [0.1, 0.15) is 5.82 Å². The van der Waals surface area contributed by atoms with Crippen molar-refractivity contribution in [2.45, 2.75) is 30.4 Å². The first kappa shape index (κ1) is 15.1. The number of nitrogens with two attached hydrogens (primary N) is 1. The summed E-state index contributed by atoms with van der Waals surface area (Å²) < 4.78 is 13.6. The highest BCUT2D eigenvalue weighted by Gasteiger charge is 2.28. The van der Waals surface area contributed by atoms with Gasteiger partial charge in [0.25, 0.3) is 0 Å². The van der Waals surface area contributed by atoms with Crippen molar-refractivity contribution in [3.05, 3.63) is 34.6 Å². The number of nitrogens with zero attached hydrogens (tertiary/aromatic N) is 1. The molecule has 0 spiro atoms. The molecule has 2 N–H and O–H groups in total. The van der Waals surface area contributed by atoms with Crippen LogP contribution in [0.3, 0.4) is 0 Å². The molecular weight excluding hydrogens is 283 g/mol. The number of rotatable bonds is 3. The van der Waals surface area contributed by atoms with Crippen molar-refractivity contribution in [1.82, 2.24) is 4.90 Å².